The second kappa shape index (κ2) is 15.3. The molecule has 0 spiro atoms. The molecule has 4 rings (SSSR count). The van der Waals surface area contributed by atoms with Gasteiger partial charge in [0.05, 0.1) is 41.6 Å². The Labute approximate surface area is 264 Å². The molecule has 1 aliphatic heterocycles. The van der Waals surface area contributed by atoms with E-state index in [1.165, 1.54) is 7.11 Å². The van der Waals surface area contributed by atoms with Gasteiger partial charge in [0.25, 0.3) is 0 Å². The lowest BCUT2D eigenvalue weighted by atomic mass is 9.95. The molecule has 0 saturated heterocycles. The number of aliphatic hydroxyl groups excluding tert-OH is 1. The number of allylic oxidation sites excluding steroid dienone is 1. The molecule has 3 aromatic carbocycles. The van der Waals surface area contributed by atoms with Gasteiger partial charge in [-0.15, -0.1) is 0 Å². The minimum absolute atomic E-state index is 0.144. The summed E-state index contributed by atoms with van der Waals surface area (Å²) in [5.74, 6) is 0.826. The number of hydrazone groups is 1. The summed E-state index contributed by atoms with van der Waals surface area (Å²) in [6.45, 7) is 3.97. The van der Waals surface area contributed by atoms with Crippen LogP contribution in [0.3, 0.4) is 0 Å². The number of rotatable bonds is 13. The van der Waals surface area contributed by atoms with Crippen molar-refractivity contribution in [2.45, 2.75) is 32.7 Å². The van der Waals surface area contributed by atoms with Crippen LogP contribution in [0.15, 0.2) is 77.0 Å². The van der Waals surface area contributed by atoms with Crippen molar-refractivity contribution in [1.29, 1.82) is 0 Å². The second-order valence-corrected chi connectivity index (χ2v) is 10.3. The van der Waals surface area contributed by atoms with E-state index in [0.717, 1.165) is 11.1 Å². The highest BCUT2D eigenvalue weighted by molar-refractivity contribution is 6.42. The first kappa shape index (κ1) is 32.5. The number of benzene rings is 3. The number of aliphatic hydroxyl groups is 1. The van der Waals surface area contributed by atoms with Crippen LogP contribution in [-0.4, -0.2) is 49.9 Å². The van der Waals surface area contributed by atoms with E-state index in [9.17, 15) is 14.7 Å². The Morgan fingerprint density at radius 3 is 2.52 bits per heavy atom. The number of carbonyl (C=O) groups is 2. The van der Waals surface area contributed by atoms with Crippen LogP contribution in [-0.2, 0) is 16.1 Å². The highest BCUT2D eigenvalue weighted by Crippen LogP contribution is 2.35. The maximum absolute atomic E-state index is 12.4. The number of esters is 1. The third-order valence-electron chi connectivity index (χ3n) is 6.38. The highest BCUT2D eigenvalue weighted by atomic mass is 35.5. The smallest absolute Gasteiger partial charge is 0.337 e. The summed E-state index contributed by atoms with van der Waals surface area (Å²) in [4.78, 5) is 24.6. The summed E-state index contributed by atoms with van der Waals surface area (Å²) in [6, 6.07) is 16.4. The van der Waals surface area contributed by atoms with E-state index in [1.54, 1.807) is 55.6 Å². The molecule has 0 fully saturated rings. The summed E-state index contributed by atoms with van der Waals surface area (Å²) < 4.78 is 22.2. The average molecular weight is 644 g/mol. The zero-order chi connectivity index (χ0) is 31.6. The van der Waals surface area contributed by atoms with Crippen molar-refractivity contribution in [2.24, 2.45) is 5.10 Å². The van der Waals surface area contributed by atoms with Crippen molar-refractivity contribution in [3.8, 4) is 17.2 Å². The Morgan fingerprint density at radius 1 is 1.05 bits per heavy atom. The van der Waals surface area contributed by atoms with E-state index < -0.39 is 24.3 Å². The van der Waals surface area contributed by atoms with E-state index in [-0.39, 0.29) is 12.2 Å². The van der Waals surface area contributed by atoms with Gasteiger partial charge in [0.15, 0.2) is 17.7 Å². The fraction of sp³-hybridized carbons (Fsp3) is 0.258. The number of halogens is 2. The van der Waals surface area contributed by atoms with Gasteiger partial charge in [-0.2, -0.15) is 5.10 Å². The van der Waals surface area contributed by atoms with Crippen molar-refractivity contribution in [3.63, 3.8) is 0 Å². The highest BCUT2D eigenvalue weighted by Gasteiger charge is 2.32. The standard InChI is InChI=1S/C31H32Cl2N4O7/c1-4-42-26-14-21(29-28(30(39)41-3)18(2)35-31(40)36-29)8-12-25(26)44-17-27(38)37-34-15-19-5-9-22(10-6-19)43-16-20-7-11-23(32)24(33)13-20/h5-15,27,29,37-38H,4,16-17H2,1-3H3,(H2,35,36,40)/b34-15-/t27-,29-/m1/s1. The molecule has 3 aromatic rings. The van der Waals surface area contributed by atoms with E-state index >= 15 is 0 Å². The summed E-state index contributed by atoms with van der Waals surface area (Å²) in [5.41, 5.74) is 5.54. The first-order valence-corrected chi connectivity index (χ1v) is 14.3. The van der Waals surface area contributed by atoms with Gasteiger partial charge in [-0.3, -0.25) is 5.43 Å². The molecule has 0 bridgehead atoms. The lowest BCUT2D eigenvalue weighted by Gasteiger charge is -2.28. The van der Waals surface area contributed by atoms with Crippen molar-refractivity contribution in [2.75, 3.05) is 20.3 Å². The number of amides is 2. The minimum atomic E-state index is -1.13. The predicted molar refractivity (Wildman–Crippen MR) is 166 cm³/mol. The molecule has 2 atom stereocenters. The molecule has 11 nitrogen and oxygen atoms in total. The molecule has 232 valence electrons. The lowest BCUT2D eigenvalue weighted by Crippen LogP contribution is -2.45. The van der Waals surface area contributed by atoms with Crippen LogP contribution < -0.4 is 30.3 Å². The minimum Gasteiger partial charge on any atom is -0.490 e. The first-order chi connectivity index (χ1) is 21.2. The normalized spacial score (nSPS) is 15.3. The molecule has 0 radical (unpaired) electrons. The largest absolute Gasteiger partial charge is 0.490 e. The Hall–Kier alpha value is -4.45. The molecule has 0 aliphatic carbocycles. The monoisotopic (exact) mass is 642 g/mol. The van der Waals surface area contributed by atoms with Crippen LogP contribution >= 0.6 is 23.2 Å². The first-order valence-electron chi connectivity index (χ1n) is 13.6. The van der Waals surface area contributed by atoms with Gasteiger partial charge in [0.2, 0.25) is 0 Å². The summed E-state index contributed by atoms with van der Waals surface area (Å²) in [7, 11) is 1.27. The molecule has 13 heteroatoms. The number of nitrogens with one attached hydrogen (secondary N) is 3. The summed E-state index contributed by atoms with van der Waals surface area (Å²) in [5, 5.41) is 20.7. The third-order valence-corrected chi connectivity index (χ3v) is 7.12. The molecule has 0 unspecified atom stereocenters. The van der Waals surface area contributed by atoms with Crippen molar-refractivity contribution < 1.29 is 33.6 Å². The number of methoxy groups -OCH3 is 1. The third kappa shape index (κ3) is 8.56. The fourth-order valence-corrected chi connectivity index (χ4v) is 4.59. The number of carbonyl (C=O) groups excluding carboxylic acids is 2. The number of hydrogen-bond acceptors (Lipinski definition) is 9. The van der Waals surface area contributed by atoms with Gasteiger partial charge < -0.3 is 34.7 Å². The number of hydrogen-bond donors (Lipinski definition) is 4. The van der Waals surface area contributed by atoms with Crippen LogP contribution in [0.2, 0.25) is 10.0 Å². The molecule has 1 heterocycles. The van der Waals surface area contributed by atoms with Crippen LogP contribution in [0, 0.1) is 0 Å². The van der Waals surface area contributed by atoms with Crippen molar-refractivity contribution >= 4 is 41.4 Å². The predicted octanol–water partition coefficient (Wildman–Crippen LogP) is 5.09. The Morgan fingerprint density at radius 2 is 1.82 bits per heavy atom. The number of urea groups is 1. The van der Waals surface area contributed by atoms with E-state index in [0.29, 0.717) is 51.8 Å². The lowest BCUT2D eigenvalue weighted by molar-refractivity contribution is -0.136. The van der Waals surface area contributed by atoms with Gasteiger partial charge in [-0.25, -0.2) is 9.59 Å². The van der Waals surface area contributed by atoms with Crippen LogP contribution in [0.5, 0.6) is 17.2 Å². The van der Waals surface area contributed by atoms with Gasteiger partial charge in [0.1, 0.15) is 19.0 Å². The summed E-state index contributed by atoms with van der Waals surface area (Å²) in [6.07, 6.45) is 0.420. The van der Waals surface area contributed by atoms with Gasteiger partial charge in [0, 0.05) is 5.70 Å². The Balaban J connectivity index is 1.32. The topological polar surface area (TPSA) is 140 Å². The average Bonchev–Trinajstić information content (AvgIpc) is 3.01. The van der Waals surface area contributed by atoms with Gasteiger partial charge in [-0.1, -0.05) is 35.3 Å². The molecule has 2 amide bonds. The van der Waals surface area contributed by atoms with Crippen LogP contribution in [0.4, 0.5) is 4.79 Å². The second-order valence-electron chi connectivity index (χ2n) is 9.52. The van der Waals surface area contributed by atoms with Crippen LogP contribution in [0.25, 0.3) is 0 Å². The number of nitrogens with zero attached hydrogens (tertiary/aromatic N) is 1. The fourth-order valence-electron chi connectivity index (χ4n) is 4.27. The maximum Gasteiger partial charge on any atom is 0.337 e. The van der Waals surface area contributed by atoms with Gasteiger partial charge >= 0.3 is 12.0 Å². The van der Waals surface area contributed by atoms with E-state index in [1.807, 2.05) is 25.1 Å². The van der Waals surface area contributed by atoms with Crippen molar-refractivity contribution in [3.05, 3.63) is 98.7 Å². The molecule has 44 heavy (non-hydrogen) atoms. The molecule has 4 N–H and O–H groups in total. The van der Waals surface area contributed by atoms with E-state index in [2.05, 4.69) is 21.2 Å². The molecular weight excluding hydrogens is 611 g/mol. The number of ether oxygens (including phenoxy) is 4. The molecular formula is C31H32Cl2N4O7. The molecule has 0 aromatic heterocycles. The van der Waals surface area contributed by atoms with E-state index in [4.69, 9.17) is 42.1 Å². The SMILES string of the molecule is CCOc1cc([C@H]2NC(=O)NC(C)=C2C(=O)OC)ccc1OC[C@@H](O)N/N=C\c1ccc(OCc2ccc(Cl)c(Cl)c2)cc1. The summed E-state index contributed by atoms with van der Waals surface area (Å²) >= 11 is 12.0. The Bertz CT molecular complexity index is 1550. The maximum atomic E-state index is 12.4. The molecule has 0 saturated carbocycles. The Kier molecular flexibility index (Phi) is 11.3. The van der Waals surface area contributed by atoms with Crippen LogP contribution in [0.1, 0.15) is 36.6 Å². The van der Waals surface area contributed by atoms with Crippen molar-refractivity contribution in [1.82, 2.24) is 16.1 Å². The zero-order valence-electron chi connectivity index (χ0n) is 24.2. The quantitative estimate of drug-likeness (QED) is 0.0875. The molecule has 1 aliphatic rings. The zero-order valence-corrected chi connectivity index (χ0v) is 25.7. The van der Waals surface area contributed by atoms with Gasteiger partial charge in [-0.05, 0) is 79.1 Å².